The summed E-state index contributed by atoms with van der Waals surface area (Å²) in [5.74, 6) is 7.37. The van der Waals surface area contributed by atoms with E-state index in [-0.39, 0.29) is 49.3 Å². The summed E-state index contributed by atoms with van der Waals surface area (Å²) < 4.78 is 15.7. The molecule has 13 aromatic rings. The summed E-state index contributed by atoms with van der Waals surface area (Å²) in [4.78, 5) is 136. The second kappa shape index (κ2) is 50.6. The fourth-order valence-electron chi connectivity index (χ4n) is 15.8. The predicted molar refractivity (Wildman–Crippen MR) is 558 cm³/mol. The maximum Gasteiger partial charge on any atom is 0.407 e. The van der Waals surface area contributed by atoms with Gasteiger partial charge >= 0.3 is 24.2 Å². The maximum absolute atomic E-state index is 13.2. The average Bonchev–Trinajstić information content (AvgIpc) is 1.65. The molecule has 748 valence electrons. The fourth-order valence-corrected chi connectivity index (χ4v) is 15.8. The number of hydrogen-bond acceptors (Lipinski definition) is 26. The average molecular weight is 1950 g/mol. The molecule has 0 radical (unpaired) electrons. The lowest BCUT2D eigenvalue weighted by molar-refractivity contribution is -0.122. The maximum atomic E-state index is 13.2. The number of nitrogens with zero attached hydrogens (tertiary/aromatic N) is 16. The van der Waals surface area contributed by atoms with Gasteiger partial charge < -0.3 is 77.2 Å². The third kappa shape index (κ3) is 32.6. The number of methoxy groups -OCH3 is 2. The minimum atomic E-state index is -0.537. The number of urea groups is 3. The molecule has 4 aliphatic heterocycles. The summed E-state index contributed by atoms with van der Waals surface area (Å²) in [6.45, 7) is 30.5. The second-order valence-electron chi connectivity index (χ2n) is 36.9. The highest BCUT2D eigenvalue weighted by Crippen LogP contribution is 2.30. The highest BCUT2D eigenvalue weighted by molar-refractivity contribution is 6.21. The fraction of sp³-hybridized carbons (Fsp3) is 0.297. The topological polar surface area (TPSA) is 420 Å². The van der Waals surface area contributed by atoms with Crippen LogP contribution >= 0.6 is 0 Å². The van der Waals surface area contributed by atoms with Crippen LogP contribution in [0.4, 0.5) is 48.7 Å². The van der Waals surface area contributed by atoms with Crippen LogP contribution in [0.25, 0.3) is 0 Å². The number of aryl methyl sites for hydroxylation is 12. The van der Waals surface area contributed by atoms with Crippen LogP contribution in [0.2, 0.25) is 0 Å². The Bertz CT molecular complexity index is 6460. The van der Waals surface area contributed by atoms with Gasteiger partial charge in [0.2, 0.25) is 35.6 Å². The number of aromatic nitrogens is 12. The molecular weight excluding hydrogens is 1830 g/mol. The molecule has 4 fully saturated rings. The van der Waals surface area contributed by atoms with Gasteiger partial charge in [0.1, 0.15) is 46.2 Å². The summed E-state index contributed by atoms with van der Waals surface area (Å²) in [5.41, 5.74) is 23.8. The number of hydrogen-bond donors (Lipinski definition) is 9. The summed E-state index contributed by atoms with van der Waals surface area (Å²) in [6.07, 6.45) is 5.80. The van der Waals surface area contributed by atoms with E-state index < -0.39 is 17.6 Å². The van der Waals surface area contributed by atoms with Crippen LogP contribution < -0.4 is 62.6 Å². The van der Waals surface area contributed by atoms with E-state index in [0.29, 0.717) is 191 Å². The third-order valence-electron chi connectivity index (χ3n) is 23.7. The molecule has 9 aromatic carbocycles. The van der Waals surface area contributed by atoms with Crippen molar-refractivity contribution in [2.45, 2.75) is 177 Å². The first-order valence-electron chi connectivity index (χ1n) is 48.3. The Labute approximate surface area is 845 Å². The second-order valence-corrected chi connectivity index (χ2v) is 36.9. The van der Waals surface area contributed by atoms with Gasteiger partial charge in [-0.3, -0.25) is 14.5 Å². The van der Waals surface area contributed by atoms with Crippen LogP contribution in [0.5, 0.6) is 11.5 Å². The summed E-state index contributed by atoms with van der Waals surface area (Å²) in [5, 5.41) is 24.1. The Kier molecular flexibility index (Phi) is 36.3. The van der Waals surface area contributed by atoms with Gasteiger partial charge in [-0.25, -0.2) is 39.1 Å². The molecule has 145 heavy (non-hydrogen) atoms. The Morgan fingerprint density at radius 3 is 0.945 bits per heavy atom. The molecule has 9 amide bonds. The van der Waals surface area contributed by atoms with E-state index in [4.69, 9.17) is 24.9 Å². The van der Waals surface area contributed by atoms with Gasteiger partial charge in [-0.1, -0.05) is 230 Å². The van der Waals surface area contributed by atoms with E-state index in [1.54, 1.807) is 41.1 Å². The minimum Gasteiger partial charge on any atom is -0.497 e. The number of para-hydroxylation sites is 1. The quantitative estimate of drug-likeness (QED) is 0.0162. The number of carbonyl (C=O) groups is 6. The number of rotatable bonds is 38. The van der Waals surface area contributed by atoms with Gasteiger partial charge in [-0.05, 0) is 166 Å². The zero-order chi connectivity index (χ0) is 102. The molecule has 0 aliphatic carbocycles. The minimum absolute atomic E-state index is 0.132. The standard InChI is InChI=1S/C31H31N5O3.C30H37N7O3.C25H29N7O.C25H28N6O2/c1-21-8-10-22(11-9-21)14-17-27-33-28(35-31(34-27)32-20-23-12-15-26(39-2)16-13-23)18-24-19-29(37)36(30(24)38)25-6-4-3-5-7-25;1-20-6-8-22(9-7-20)14-15-25-34-26(19-37-18-21(2)33-28(37)38)36-27(35-25)31-16-23-10-12-24(13-11-23)17-32-29(39)40-30(3,4)5;1-17-3-5-19(6-4-17)11-12-22-29-23(16-32-15-18(2)28-25(32)33)31-24(30-22)27-14-21-9-7-20(13-26)8-10-21;1-17-4-6-19(7-5-17)10-13-22-28-23(16-31-15-18(2)27-25(31)32)30-24(29-22)26-14-20-8-11-21(33-3)12-9-20/h3-13,15-16,24H,14,17-20H2,1-2H3,(H,32,33,34,35);6-13H,2,14-19H2,1,3-5H3,(H,32,39)(H,33,38)(H,31,34,35,36);3-10H,2,11-16,26H2,1H3,(H,28,33)(H,27,29,30,31);4-9,11-12H,2,10,13-16H2,1,3H3,(H,27,32)(H,26,28,29,30). The van der Waals surface area contributed by atoms with Gasteiger partial charge in [-0.15, -0.1) is 0 Å². The predicted octanol–water partition coefficient (Wildman–Crippen LogP) is 16.0. The van der Waals surface area contributed by atoms with E-state index >= 15 is 0 Å². The highest BCUT2D eigenvalue weighted by Gasteiger charge is 2.40. The lowest BCUT2D eigenvalue weighted by Crippen LogP contribution is -2.32. The Morgan fingerprint density at radius 1 is 0.366 bits per heavy atom. The number of ether oxygens (including phenoxy) is 3. The van der Waals surface area contributed by atoms with Crippen molar-refractivity contribution in [3.05, 3.63) is 386 Å². The van der Waals surface area contributed by atoms with Crippen molar-refractivity contribution in [1.82, 2.24) is 95.8 Å². The van der Waals surface area contributed by atoms with Crippen LogP contribution in [-0.4, -0.2) is 150 Å². The summed E-state index contributed by atoms with van der Waals surface area (Å²) >= 11 is 0. The third-order valence-corrected chi connectivity index (χ3v) is 23.7. The first kappa shape index (κ1) is 104. The number of carbonyl (C=O) groups excluding carboxylic acids is 6. The van der Waals surface area contributed by atoms with E-state index in [9.17, 15) is 28.8 Å². The van der Waals surface area contributed by atoms with E-state index in [1.165, 1.54) is 49.4 Å². The molecule has 0 saturated carbocycles. The molecule has 4 saturated heterocycles. The van der Waals surface area contributed by atoms with Gasteiger partial charge in [0.15, 0.2) is 17.5 Å². The largest absolute Gasteiger partial charge is 0.497 e. The smallest absolute Gasteiger partial charge is 0.407 e. The van der Waals surface area contributed by atoms with Crippen molar-refractivity contribution in [3.63, 3.8) is 0 Å². The molecule has 8 heterocycles. The number of benzene rings is 9. The van der Waals surface area contributed by atoms with E-state index in [2.05, 4.69) is 242 Å². The highest BCUT2D eigenvalue weighted by atomic mass is 16.6. The molecule has 0 bridgehead atoms. The molecule has 4 aromatic heterocycles. The van der Waals surface area contributed by atoms with Gasteiger partial charge in [0, 0.05) is 94.9 Å². The van der Waals surface area contributed by atoms with Crippen molar-refractivity contribution in [2.75, 3.05) is 60.0 Å². The van der Waals surface area contributed by atoms with E-state index in [0.717, 1.165) is 70.6 Å². The molecule has 0 spiro atoms. The van der Waals surface area contributed by atoms with E-state index in [1.807, 2.05) is 136 Å². The van der Waals surface area contributed by atoms with Gasteiger partial charge in [0.05, 0.1) is 65.1 Å². The number of amides is 9. The van der Waals surface area contributed by atoms with Crippen LogP contribution in [0.1, 0.15) is 152 Å². The Hall–Kier alpha value is -16.8. The molecule has 1 unspecified atom stereocenters. The number of anilines is 5. The molecule has 10 N–H and O–H groups in total. The molecule has 1 atom stereocenters. The molecular formula is C111H125N25O9. The zero-order valence-electron chi connectivity index (χ0n) is 83.5. The zero-order valence-corrected chi connectivity index (χ0v) is 83.5. The number of nitrogens with one attached hydrogen (secondary N) is 8. The van der Waals surface area contributed by atoms with Crippen molar-refractivity contribution >= 4 is 65.5 Å². The summed E-state index contributed by atoms with van der Waals surface area (Å²) in [7, 11) is 3.28. The van der Waals surface area contributed by atoms with Crippen molar-refractivity contribution in [2.24, 2.45) is 11.7 Å². The van der Waals surface area contributed by atoms with Gasteiger partial charge in [-0.2, -0.15) is 39.9 Å². The number of alkyl carbamates (subject to hydrolysis) is 1. The van der Waals surface area contributed by atoms with Crippen molar-refractivity contribution in [3.8, 4) is 11.5 Å². The monoisotopic (exact) mass is 1950 g/mol. The Morgan fingerprint density at radius 2 is 0.648 bits per heavy atom. The first-order valence-corrected chi connectivity index (χ1v) is 48.3. The molecule has 4 aliphatic rings. The summed E-state index contributed by atoms with van der Waals surface area (Å²) in [6, 6.07) is 73.8. The van der Waals surface area contributed by atoms with Crippen molar-refractivity contribution in [1.29, 1.82) is 0 Å². The van der Waals surface area contributed by atoms with Crippen LogP contribution in [0.3, 0.4) is 0 Å². The van der Waals surface area contributed by atoms with Crippen LogP contribution in [-0.2, 0) is 131 Å². The Balaban J connectivity index is 0.000000154. The lowest BCUT2D eigenvalue weighted by Gasteiger charge is -2.19. The number of imide groups is 1. The molecule has 34 heteroatoms. The van der Waals surface area contributed by atoms with Gasteiger partial charge in [0.25, 0.3) is 0 Å². The normalized spacial score (nSPS) is 13.7. The molecule has 34 nitrogen and oxygen atoms in total. The van der Waals surface area contributed by atoms with Crippen LogP contribution in [0, 0.1) is 33.6 Å². The molecule has 17 rings (SSSR count). The van der Waals surface area contributed by atoms with Crippen molar-refractivity contribution < 1.29 is 43.0 Å². The SMILES string of the molecule is C=C1CN(Cc2nc(CCc3ccc(C)cc3)nc(NCc3ccc(CN)cc3)n2)C(=O)N1.C=C1CN(Cc2nc(CCc3ccc(C)cc3)nc(NCc3ccc(CNC(=O)OC(C)(C)C)cc3)n2)C(=O)N1.C=C1CN(Cc2nc(CCc3ccc(C)cc3)nc(NCc3ccc(OC)cc3)n2)C(=O)N1.COc1ccc(CNc2nc(CCc3ccc(C)cc3)nc(CC3CC(=O)N(c4ccccc4)C3=O)n2)cc1. The lowest BCUT2D eigenvalue weighted by atomic mass is 10.0. The number of nitrogens with two attached hydrogens (primary N) is 1. The first-order chi connectivity index (χ1) is 70.0. The van der Waals surface area contributed by atoms with Crippen LogP contribution in [0.15, 0.2) is 261 Å².